The topological polar surface area (TPSA) is 81.7 Å². The Morgan fingerprint density at radius 1 is 0.867 bits per heavy atom. The van der Waals surface area contributed by atoms with Crippen molar-refractivity contribution in [1.82, 2.24) is 0 Å². The molecule has 0 spiro atoms. The van der Waals surface area contributed by atoms with Crippen molar-refractivity contribution in [3.63, 3.8) is 0 Å². The minimum atomic E-state index is -2.33. The predicted octanol–water partition coefficient (Wildman–Crippen LogP) is 0.0821. The molecule has 0 aliphatic heterocycles. The van der Waals surface area contributed by atoms with Gasteiger partial charge in [0.05, 0.1) is 11.2 Å². The number of carbonyl (C=O) groups excluding carboxylic acids is 1. The summed E-state index contributed by atoms with van der Waals surface area (Å²) in [6, 6.07) is 0. The second-order valence-electron chi connectivity index (χ2n) is 4.64. The maximum absolute atomic E-state index is 8.33. The summed E-state index contributed by atoms with van der Waals surface area (Å²) in [6.07, 6.45) is -2.33. The van der Waals surface area contributed by atoms with Gasteiger partial charge in [0.2, 0.25) is 0 Å². The minimum absolute atomic E-state index is 0. The van der Waals surface area contributed by atoms with Gasteiger partial charge in [0.25, 0.3) is 0 Å². The second kappa shape index (κ2) is 8.13. The van der Waals surface area contributed by atoms with Crippen LogP contribution in [-0.4, -0.2) is 17.4 Å². The Hall–Kier alpha value is -0.0697. The molecule has 0 fully saturated rings. The summed E-state index contributed by atoms with van der Waals surface area (Å²) in [5.74, 6) is 0. The van der Waals surface area contributed by atoms with Crippen LogP contribution in [0.2, 0.25) is 0 Å². The van der Waals surface area contributed by atoms with Gasteiger partial charge in [0.1, 0.15) is 0 Å². The van der Waals surface area contributed by atoms with Gasteiger partial charge in [-0.1, -0.05) is 0 Å². The Labute approximate surface area is 106 Å². The zero-order chi connectivity index (χ0) is 12.0. The smallest absolute Gasteiger partial charge is 0.652 e. The van der Waals surface area contributed by atoms with E-state index in [1.54, 1.807) is 0 Å². The third kappa shape index (κ3) is 41.3. The van der Waals surface area contributed by atoms with Gasteiger partial charge in [-0.3, -0.25) is 0 Å². The molecule has 0 bridgehead atoms. The zero-order valence-corrected chi connectivity index (χ0v) is 11.3. The molecule has 6 heteroatoms. The predicted molar refractivity (Wildman–Crippen MR) is 47.1 cm³/mol. The van der Waals surface area contributed by atoms with Crippen LogP contribution >= 0.6 is 0 Å². The average molecular weight is 314 g/mol. The van der Waals surface area contributed by atoms with Gasteiger partial charge in [0, 0.05) is 0 Å². The van der Waals surface area contributed by atoms with Gasteiger partial charge in [0.15, 0.2) is 0 Å². The van der Waals surface area contributed by atoms with Crippen LogP contribution in [0.4, 0.5) is 4.79 Å². The Balaban J connectivity index is -0.000000249. The van der Waals surface area contributed by atoms with Crippen molar-refractivity contribution in [2.45, 2.75) is 52.7 Å². The Bertz CT molecular complexity index is 150. The standard InChI is InChI=1S/C8H18O2.CH2O3.Ag/c1-7(2,3)9-10-8(4,5)6;2-1(3)4;/h1-6H3;(H2,2,3,4);/q;;+2/p-2. The van der Waals surface area contributed by atoms with Crippen LogP contribution in [0.25, 0.3) is 0 Å². The Kier molecular flexibility index (Phi) is 11.0. The summed E-state index contributed by atoms with van der Waals surface area (Å²) in [5.41, 5.74) is -0.430. The fraction of sp³-hybridized carbons (Fsp3) is 0.889. The molecule has 5 nitrogen and oxygen atoms in total. The van der Waals surface area contributed by atoms with E-state index in [0.29, 0.717) is 0 Å². The van der Waals surface area contributed by atoms with E-state index in [-0.39, 0.29) is 33.6 Å². The van der Waals surface area contributed by atoms with E-state index in [4.69, 9.17) is 24.8 Å². The van der Waals surface area contributed by atoms with Crippen LogP contribution in [0.15, 0.2) is 0 Å². The fourth-order valence-corrected chi connectivity index (χ4v) is 0.250. The van der Waals surface area contributed by atoms with Gasteiger partial charge in [-0.2, -0.15) is 0 Å². The van der Waals surface area contributed by atoms with E-state index in [2.05, 4.69) is 0 Å². The van der Waals surface area contributed by atoms with E-state index in [1.807, 2.05) is 41.5 Å². The Morgan fingerprint density at radius 3 is 1.07 bits per heavy atom. The molecule has 95 valence electrons. The van der Waals surface area contributed by atoms with E-state index < -0.39 is 6.16 Å². The second-order valence-corrected chi connectivity index (χ2v) is 4.64. The van der Waals surface area contributed by atoms with Crippen LogP contribution in [0.5, 0.6) is 0 Å². The van der Waals surface area contributed by atoms with Crippen molar-refractivity contribution >= 4 is 6.16 Å². The van der Waals surface area contributed by atoms with Crippen LogP contribution in [0.1, 0.15) is 41.5 Å². The first kappa shape index (κ1) is 20.4. The molecular weight excluding hydrogens is 296 g/mol. The van der Waals surface area contributed by atoms with Crippen molar-refractivity contribution in [2.24, 2.45) is 0 Å². The summed E-state index contributed by atoms with van der Waals surface area (Å²) in [4.78, 5) is 18.5. The molecular formula is C9H18AgO5. The summed E-state index contributed by atoms with van der Waals surface area (Å²) >= 11 is 0. The van der Waals surface area contributed by atoms with Crippen molar-refractivity contribution in [2.75, 3.05) is 0 Å². The zero-order valence-electron chi connectivity index (χ0n) is 9.84. The number of hydrogen-bond acceptors (Lipinski definition) is 5. The third-order valence-electron chi connectivity index (χ3n) is 0.542. The normalized spacial score (nSPS) is 10.8. The first-order chi connectivity index (χ1) is 5.94. The number of carbonyl (C=O) groups is 1. The molecule has 0 aromatic heterocycles. The molecule has 0 N–H and O–H groups in total. The molecule has 15 heavy (non-hydrogen) atoms. The molecule has 0 heterocycles. The van der Waals surface area contributed by atoms with Gasteiger partial charge in [-0.25, -0.2) is 9.78 Å². The van der Waals surface area contributed by atoms with Gasteiger partial charge < -0.3 is 15.0 Å². The monoisotopic (exact) mass is 313 g/mol. The molecule has 0 amide bonds. The summed E-state index contributed by atoms with van der Waals surface area (Å²) in [7, 11) is 0. The average Bonchev–Trinajstić information content (AvgIpc) is 1.79. The molecule has 0 aliphatic carbocycles. The minimum Gasteiger partial charge on any atom is -0.652 e. The maximum atomic E-state index is 8.33. The molecule has 1 radical (unpaired) electrons. The Morgan fingerprint density at radius 2 is 1.00 bits per heavy atom. The molecule has 0 aliphatic rings. The summed E-state index contributed by atoms with van der Waals surface area (Å²) in [5, 5.41) is 16.7. The van der Waals surface area contributed by atoms with Crippen molar-refractivity contribution in [3.05, 3.63) is 0 Å². The van der Waals surface area contributed by atoms with E-state index >= 15 is 0 Å². The van der Waals surface area contributed by atoms with Gasteiger partial charge in [-0.05, 0) is 47.7 Å². The SMILES string of the molecule is CC(C)(C)OOC(C)(C)C.O=C([O-])[O-].[Ag+2]. The van der Waals surface area contributed by atoms with E-state index in [9.17, 15) is 0 Å². The number of carboxylic acid groups (broad SMARTS) is 2. The summed E-state index contributed by atoms with van der Waals surface area (Å²) < 4.78 is 0. The van der Waals surface area contributed by atoms with Crippen LogP contribution in [-0.2, 0) is 32.2 Å². The van der Waals surface area contributed by atoms with Crippen LogP contribution in [0, 0.1) is 0 Å². The fourth-order valence-electron chi connectivity index (χ4n) is 0.250. The first-order valence-electron chi connectivity index (χ1n) is 4.19. The largest absolute Gasteiger partial charge is 2.00 e. The van der Waals surface area contributed by atoms with E-state index in [1.165, 1.54) is 0 Å². The maximum Gasteiger partial charge on any atom is 2.00 e. The van der Waals surface area contributed by atoms with Crippen molar-refractivity contribution in [3.8, 4) is 0 Å². The number of rotatable bonds is 1. The van der Waals surface area contributed by atoms with Gasteiger partial charge >= 0.3 is 22.4 Å². The molecule has 0 saturated heterocycles. The van der Waals surface area contributed by atoms with Crippen LogP contribution in [0.3, 0.4) is 0 Å². The summed E-state index contributed by atoms with van der Waals surface area (Å²) in [6.45, 7) is 11.7. The molecule has 0 aromatic carbocycles. The van der Waals surface area contributed by atoms with E-state index in [0.717, 1.165) is 0 Å². The van der Waals surface area contributed by atoms with Crippen molar-refractivity contribution in [1.29, 1.82) is 0 Å². The quantitative estimate of drug-likeness (QED) is 0.389. The third-order valence-corrected chi connectivity index (χ3v) is 0.542. The van der Waals surface area contributed by atoms with Crippen molar-refractivity contribution < 1.29 is 47.2 Å². The first-order valence-corrected chi connectivity index (χ1v) is 4.19. The number of hydrogen-bond donors (Lipinski definition) is 0. The van der Waals surface area contributed by atoms with Crippen LogP contribution < -0.4 is 10.2 Å². The molecule has 0 unspecified atom stereocenters. The molecule has 0 rings (SSSR count). The molecule has 0 saturated carbocycles. The molecule has 0 atom stereocenters. The van der Waals surface area contributed by atoms with Gasteiger partial charge in [-0.15, -0.1) is 0 Å². The molecule has 0 aromatic rings.